The van der Waals surface area contributed by atoms with E-state index in [-0.39, 0.29) is 16.7 Å². The molecule has 2 aromatic carbocycles. The summed E-state index contributed by atoms with van der Waals surface area (Å²) in [6.07, 6.45) is 1.33. The lowest BCUT2D eigenvalue weighted by Crippen LogP contribution is -2.49. The van der Waals surface area contributed by atoms with Crippen molar-refractivity contribution in [2.45, 2.75) is 13.5 Å². The highest BCUT2D eigenvalue weighted by atomic mass is 32.2. The third-order valence-corrected chi connectivity index (χ3v) is 7.49. The minimum Gasteiger partial charge on any atom is -0.508 e. The first kappa shape index (κ1) is 24.1. The number of carboxylic acids is 1. The number of aryl methyl sites for hydroxylation is 1. The van der Waals surface area contributed by atoms with E-state index in [1.165, 1.54) is 6.20 Å². The summed E-state index contributed by atoms with van der Waals surface area (Å²) in [6.45, 7) is 5.60. The molecular weight excluding hydrogens is 485 g/mol. The maximum atomic E-state index is 15.1. The van der Waals surface area contributed by atoms with Crippen LogP contribution in [0.5, 0.6) is 5.75 Å². The molecule has 0 atom stereocenters. The monoisotopic (exact) mass is 511 g/mol. The Morgan fingerprint density at radius 1 is 1.17 bits per heavy atom. The molecule has 5 rings (SSSR count). The molecule has 0 saturated carbocycles. The van der Waals surface area contributed by atoms with Crippen LogP contribution in [-0.2, 0) is 6.54 Å². The number of hydrogen-bond donors (Lipinski definition) is 2. The van der Waals surface area contributed by atoms with E-state index in [4.69, 9.17) is 0 Å². The number of pyridine rings is 1. The number of nitrogens with zero attached hydrogens (tertiary/aromatic N) is 5. The lowest BCUT2D eigenvalue weighted by molar-refractivity contribution is 0.0695. The highest BCUT2D eigenvalue weighted by molar-refractivity contribution is 8.14. The van der Waals surface area contributed by atoms with Gasteiger partial charge >= 0.3 is 5.97 Å². The van der Waals surface area contributed by atoms with E-state index in [1.807, 2.05) is 22.9 Å². The van der Waals surface area contributed by atoms with Crippen molar-refractivity contribution in [3.63, 3.8) is 0 Å². The molecule has 3 aromatic rings. The molecule has 0 amide bonds. The first-order valence-corrected chi connectivity index (χ1v) is 12.7. The van der Waals surface area contributed by atoms with E-state index in [0.717, 1.165) is 22.6 Å². The van der Waals surface area contributed by atoms with Gasteiger partial charge in [0.15, 0.2) is 0 Å². The van der Waals surface area contributed by atoms with Crippen LogP contribution < -0.4 is 10.3 Å². The zero-order valence-corrected chi connectivity index (χ0v) is 20.5. The van der Waals surface area contributed by atoms with Crippen molar-refractivity contribution in [1.82, 2.24) is 14.5 Å². The van der Waals surface area contributed by atoms with E-state index in [0.29, 0.717) is 50.6 Å². The number of piperazine rings is 1. The van der Waals surface area contributed by atoms with Gasteiger partial charge in [0.05, 0.1) is 23.7 Å². The van der Waals surface area contributed by atoms with E-state index >= 15 is 4.39 Å². The minimum absolute atomic E-state index is 0.0727. The molecule has 188 valence electrons. The molecule has 0 radical (unpaired) electrons. The van der Waals surface area contributed by atoms with Gasteiger partial charge in [0.25, 0.3) is 0 Å². The fourth-order valence-corrected chi connectivity index (χ4v) is 5.47. The Kier molecular flexibility index (Phi) is 6.59. The number of fused-ring (bicyclic) bond motifs is 1. The number of carboxylic acid groups (broad SMARTS) is 1. The molecule has 1 saturated heterocycles. The number of phenolic OH excluding ortho intramolecular Hbond substituents is 1. The molecule has 36 heavy (non-hydrogen) atoms. The van der Waals surface area contributed by atoms with Crippen LogP contribution in [0.3, 0.4) is 0 Å². The largest absolute Gasteiger partial charge is 0.508 e. The fourth-order valence-electron chi connectivity index (χ4n) is 4.59. The molecule has 0 unspecified atom stereocenters. The van der Waals surface area contributed by atoms with E-state index in [9.17, 15) is 19.8 Å². The number of benzene rings is 2. The van der Waals surface area contributed by atoms with Crippen LogP contribution in [0.1, 0.15) is 22.8 Å². The number of aromatic carboxylic acids is 1. The highest BCUT2D eigenvalue weighted by Gasteiger charge is 2.25. The number of halogens is 1. The molecular formula is C25H26FN5O4S. The van der Waals surface area contributed by atoms with Crippen molar-refractivity contribution in [3.05, 3.63) is 69.8 Å². The molecule has 0 aliphatic carbocycles. The minimum atomic E-state index is -1.32. The van der Waals surface area contributed by atoms with Crippen LogP contribution in [0.4, 0.5) is 10.1 Å². The van der Waals surface area contributed by atoms with E-state index in [1.54, 1.807) is 40.6 Å². The van der Waals surface area contributed by atoms with Gasteiger partial charge in [-0.3, -0.25) is 14.7 Å². The summed E-state index contributed by atoms with van der Waals surface area (Å²) in [5, 5.41) is 26.7. The lowest BCUT2D eigenvalue weighted by Gasteiger charge is -2.37. The predicted molar refractivity (Wildman–Crippen MR) is 138 cm³/mol. The van der Waals surface area contributed by atoms with Gasteiger partial charge in [-0.05, 0) is 31.2 Å². The van der Waals surface area contributed by atoms with Gasteiger partial charge in [-0.15, -0.1) is 0 Å². The lowest BCUT2D eigenvalue weighted by atomic mass is 10.1. The summed E-state index contributed by atoms with van der Waals surface area (Å²) in [5.74, 6) is -0.921. The Morgan fingerprint density at radius 2 is 1.94 bits per heavy atom. The molecule has 0 spiro atoms. The summed E-state index contributed by atoms with van der Waals surface area (Å²) < 4.78 is 16.8. The van der Waals surface area contributed by atoms with Crippen LogP contribution in [0, 0.1) is 5.82 Å². The van der Waals surface area contributed by atoms with Gasteiger partial charge in [-0.2, -0.15) is 5.10 Å². The average Bonchev–Trinajstić information content (AvgIpc) is 3.33. The summed E-state index contributed by atoms with van der Waals surface area (Å²) in [7, 11) is 0. The maximum absolute atomic E-state index is 15.1. The van der Waals surface area contributed by atoms with Crippen LogP contribution in [-0.4, -0.2) is 74.4 Å². The summed E-state index contributed by atoms with van der Waals surface area (Å²) in [5.41, 5.74) is 0.786. The van der Waals surface area contributed by atoms with Crippen molar-refractivity contribution in [1.29, 1.82) is 0 Å². The molecule has 0 bridgehead atoms. The summed E-state index contributed by atoms with van der Waals surface area (Å²) >= 11 is 1.62. The Morgan fingerprint density at radius 3 is 2.64 bits per heavy atom. The third kappa shape index (κ3) is 4.63. The number of aromatic hydroxyl groups is 1. The second-order valence-electron chi connectivity index (χ2n) is 8.77. The standard InChI is InChI=1S/C25H26FN5O4S/c1-2-29-13-19(25(34)35)23(33)18-11-20(26)22(12-21(18)29)30-8-6-28(7-9-30)14-31-15-36-24(27-31)16-4-3-5-17(32)10-16/h3-5,10-13,32H,2,6-9,14-15H2,1H3,(H,34,35). The number of rotatable bonds is 6. The quantitative estimate of drug-likeness (QED) is 0.521. The van der Waals surface area contributed by atoms with Crippen molar-refractivity contribution >= 4 is 39.4 Å². The van der Waals surface area contributed by atoms with Crippen LogP contribution in [0.15, 0.2) is 52.5 Å². The van der Waals surface area contributed by atoms with E-state index < -0.39 is 17.2 Å². The number of anilines is 1. The first-order valence-electron chi connectivity index (χ1n) is 11.7. The van der Waals surface area contributed by atoms with Gasteiger partial charge in [0, 0.05) is 49.9 Å². The second-order valence-corrected chi connectivity index (χ2v) is 9.70. The van der Waals surface area contributed by atoms with Crippen LogP contribution >= 0.6 is 11.8 Å². The number of thioether (sulfide) groups is 1. The second kappa shape index (κ2) is 9.82. The third-order valence-electron chi connectivity index (χ3n) is 6.47. The summed E-state index contributed by atoms with van der Waals surface area (Å²) in [4.78, 5) is 28.3. The molecule has 1 aromatic heterocycles. The molecule has 2 N–H and O–H groups in total. The number of hydrogen-bond acceptors (Lipinski definition) is 8. The van der Waals surface area contributed by atoms with E-state index in [2.05, 4.69) is 10.0 Å². The molecule has 2 aliphatic rings. The molecule has 1 fully saturated rings. The Labute approximate surface area is 211 Å². The van der Waals surface area contributed by atoms with Gasteiger partial charge < -0.3 is 19.7 Å². The Bertz CT molecular complexity index is 1420. The van der Waals surface area contributed by atoms with Gasteiger partial charge in [0.1, 0.15) is 22.2 Å². The average molecular weight is 512 g/mol. The molecule has 3 heterocycles. The highest BCUT2D eigenvalue weighted by Crippen LogP contribution is 2.28. The number of carbonyl (C=O) groups is 1. The number of aromatic nitrogens is 1. The Balaban J connectivity index is 1.29. The fraction of sp³-hybridized carbons (Fsp3) is 0.320. The number of hydrazone groups is 1. The van der Waals surface area contributed by atoms with Crippen molar-refractivity contribution in [3.8, 4) is 5.75 Å². The molecule has 11 heteroatoms. The van der Waals surface area contributed by atoms with Crippen molar-refractivity contribution < 1.29 is 19.4 Å². The molecule has 9 nitrogen and oxygen atoms in total. The van der Waals surface area contributed by atoms with Crippen molar-refractivity contribution in [2.24, 2.45) is 5.10 Å². The SMILES string of the molecule is CCn1cc(C(=O)O)c(=O)c2cc(F)c(N3CCN(CN4CSC(c5cccc(O)c5)=N4)CC3)cc21. The topological polar surface area (TPSA) is 102 Å². The van der Waals surface area contributed by atoms with Gasteiger partial charge in [0.2, 0.25) is 5.43 Å². The normalized spacial score (nSPS) is 16.6. The Hall–Kier alpha value is -3.57. The first-order chi connectivity index (χ1) is 17.3. The number of phenols is 1. The van der Waals surface area contributed by atoms with Crippen LogP contribution in [0.2, 0.25) is 0 Å². The predicted octanol–water partition coefficient (Wildman–Crippen LogP) is 3.01. The molecule has 2 aliphatic heterocycles. The van der Waals surface area contributed by atoms with Crippen LogP contribution in [0.25, 0.3) is 10.9 Å². The summed E-state index contributed by atoms with van der Waals surface area (Å²) in [6, 6.07) is 9.87. The van der Waals surface area contributed by atoms with Gasteiger partial charge in [-0.1, -0.05) is 23.9 Å². The maximum Gasteiger partial charge on any atom is 0.341 e. The van der Waals surface area contributed by atoms with Crippen molar-refractivity contribution in [2.75, 3.05) is 43.6 Å². The zero-order valence-electron chi connectivity index (χ0n) is 19.7. The zero-order chi connectivity index (χ0) is 25.4. The van der Waals surface area contributed by atoms with Gasteiger partial charge in [-0.25, -0.2) is 9.18 Å². The smallest absolute Gasteiger partial charge is 0.341 e.